The van der Waals surface area contributed by atoms with E-state index in [0.717, 1.165) is 11.3 Å². The molecule has 3 amide bonds. The summed E-state index contributed by atoms with van der Waals surface area (Å²) in [5, 5.41) is 19.1. The first kappa shape index (κ1) is 25.5. The molecule has 0 spiro atoms. The van der Waals surface area contributed by atoms with E-state index in [1.807, 2.05) is 0 Å². The van der Waals surface area contributed by atoms with Gasteiger partial charge in [0.25, 0.3) is 17.7 Å². The number of fused-ring (bicyclic) bond motifs is 1. The number of carboxylic acids is 1. The fourth-order valence-electron chi connectivity index (χ4n) is 3.48. The van der Waals surface area contributed by atoms with Gasteiger partial charge in [0.15, 0.2) is 16.0 Å². The second kappa shape index (κ2) is 10.2. The van der Waals surface area contributed by atoms with Crippen LogP contribution >= 0.6 is 34.9 Å². The Morgan fingerprint density at radius 1 is 1.47 bits per heavy atom. The Bertz CT molecular complexity index is 1260. The van der Waals surface area contributed by atoms with E-state index in [4.69, 9.17) is 10.6 Å². The number of oxime groups is 1. The molecule has 1 fully saturated rings. The van der Waals surface area contributed by atoms with Gasteiger partial charge in [0, 0.05) is 23.9 Å². The van der Waals surface area contributed by atoms with E-state index in [0.29, 0.717) is 16.5 Å². The van der Waals surface area contributed by atoms with Crippen molar-refractivity contribution in [1.29, 1.82) is 0 Å². The number of β-lactam (4-membered cyclic amide) rings is 1. The summed E-state index contributed by atoms with van der Waals surface area (Å²) in [7, 11) is 2.86. The van der Waals surface area contributed by atoms with Crippen LogP contribution < -0.4 is 16.5 Å². The van der Waals surface area contributed by atoms with Gasteiger partial charge in [-0.25, -0.2) is 14.8 Å². The van der Waals surface area contributed by atoms with Gasteiger partial charge in [-0.1, -0.05) is 23.5 Å². The zero-order chi connectivity index (χ0) is 26.1. The topological polar surface area (TPSA) is 192 Å². The number of rotatable bonds is 7. The fraction of sp³-hybridized carbons (Fsp3) is 0.316. The van der Waals surface area contributed by atoms with Crippen molar-refractivity contribution in [3.05, 3.63) is 34.6 Å². The van der Waals surface area contributed by atoms with Crippen LogP contribution in [0, 0.1) is 0 Å². The second-order valence-electron chi connectivity index (χ2n) is 7.44. The Morgan fingerprint density at radius 3 is 2.86 bits per heavy atom. The lowest BCUT2D eigenvalue weighted by Gasteiger charge is -2.49. The molecular weight excluding hydrogens is 532 g/mol. The molecule has 1 aromatic rings. The molecule has 0 saturated carbocycles. The maximum atomic E-state index is 12.9. The third kappa shape index (κ3) is 4.76. The number of nitrogens with two attached hydrogens (primary N) is 1. The number of amidine groups is 1. The maximum absolute atomic E-state index is 12.9. The van der Waals surface area contributed by atoms with E-state index in [1.54, 1.807) is 7.05 Å². The molecule has 0 radical (unpaired) electrons. The first-order chi connectivity index (χ1) is 17.1. The minimum Gasteiger partial charge on any atom is -0.477 e. The fourth-order valence-corrected chi connectivity index (χ4v) is 6.46. The number of thiazole rings is 1. The summed E-state index contributed by atoms with van der Waals surface area (Å²) in [5.41, 5.74) is 8.63. The van der Waals surface area contributed by atoms with E-state index in [1.165, 1.54) is 45.9 Å². The second-order valence-corrected chi connectivity index (χ2v) is 10.4. The summed E-state index contributed by atoms with van der Waals surface area (Å²) in [6, 6.07) is -0.962. The van der Waals surface area contributed by atoms with Gasteiger partial charge in [0.1, 0.15) is 35.6 Å². The van der Waals surface area contributed by atoms with Crippen molar-refractivity contribution in [2.45, 2.75) is 11.4 Å². The largest absolute Gasteiger partial charge is 0.477 e. The number of nitrogens with one attached hydrogen (secondary N) is 2. The summed E-state index contributed by atoms with van der Waals surface area (Å²) in [6.07, 6.45) is 0. The average molecular weight is 553 g/mol. The molecule has 5 N–H and O–H groups in total. The molecule has 1 saturated heterocycles. The highest BCUT2D eigenvalue weighted by Crippen LogP contribution is 2.41. The van der Waals surface area contributed by atoms with Crippen molar-refractivity contribution in [1.82, 2.24) is 25.6 Å². The number of hydrogen-bond acceptors (Lipinski definition) is 13. The molecule has 4 rings (SSSR count). The van der Waals surface area contributed by atoms with Crippen LogP contribution in [0.2, 0.25) is 0 Å². The van der Waals surface area contributed by atoms with Crippen molar-refractivity contribution in [2.75, 3.05) is 31.4 Å². The van der Waals surface area contributed by atoms with Crippen molar-refractivity contribution < 1.29 is 29.1 Å². The number of nitrogen functional groups attached to an aromatic ring is 1. The average Bonchev–Trinajstić information content (AvgIpc) is 3.27. The third-order valence-corrected chi connectivity index (χ3v) is 8.25. The van der Waals surface area contributed by atoms with E-state index in [9.17, 15) is 24.3 Å². The molecule has 17 heteroatoms. The molecule has 3 aliphatic heterocycles. The number of nitrogens with zero attached hydrogens (tertiary/aromatic N) is 5. The van der Waals surface area contributed by atoms with Crippen LogP contribution in [0.5, 0.6) is 0 Å². The van der Waals surface area contributed by atoms with Gasteiger partial charge < -0.3 is 21.0 Å². The number of carboxylic acid groups (broad SMARTS) is 1. The zero-order valence-electron chi connectivity index (χ0n) is 18.9. The minimum atomic E-state index is -1.26. The van der Waals surface area contributed by atoms with Gasteiger partial charge in [-0.05, 0) is 5.57 Å². The molecule has 0 bridgehead atoms. The highest BCUT2D eigenvalue weighted by atomic mass is 32.2. The molecule has 0 aliphatic carbocycles. The van der Waals surface area contributed by atoms with Gasteiger partial charge >= 0.3 is 5.97 Å². The number of carbonyl (C=O) groups excluding carboxylic acids is 3. The first-order valence-electron chi connectivity index (χ1n) is 10.1. The molecule has 0 aromatic carbocycles. The zero-order valence-corrected chi connectivity index (χ0v) is 21.3. The highest BCUT2D eigenvalue weighted by Gasteiger charge is 2.54. The number of carbonyl (C=O) groups is 4. The number of anilines is 1. The van der Waals surface area contributed by atoms with Crippen molar-refractivity contribution in [2.24, 2.45) is 10.1 Å². The number of aliphatic imine (C=N–C) groups is 1. The van der Waals surface area contributed by atoms with Gasteiger partial charge in [-0.2, -0.15) is 0 Å². The predicted octanol–water partition coefficient (Wildman–Crippen LogP) is -0.606. The van der Waals surface area contributed by atoms with Crippen LogP contribution in [0.25, 0.3) is 0 Å². The lowest BCUT2D eigenvalue weighted by Crippen LogP contribution is -2.71. The van der Waals surface area contributed by atoms with E-state index >= 15 is 0 Å². The molecule has 190 valence electrons. The van der Waals surface area contributed by atoms with E-state index in [-0.39, 0.29) is 33.7 Å². The number of amides is 3. The maximum Gasteiger partial charge on any atom is 0.352 e. The van der Waals surface area contributed by atoms with Crippen LogP contribution in [0.15, 0.2) is 39.1 Å². The molecule has 3 aliphatic rings. The van der Waals surface area contributed by atoms with Crippen LogP contribution in [0.3, 0.4) is 0 Å². The van der Waals surface area contributed by atoms with Crippen LogP contribution in [0.4, 0.5) is 5.13 Å². The molecule has 14 nitrogen and oxygen atoms in total. The SMILES string of the molecule is C=C1N=C(SCC2=C(C(=O)O)N3C(=O)[C@@H](NC(=O)/C(=N\OC)c4csc(N)n4)[C@H]3SC2)N(C)NC1=O. The number of aromatic nitrogens is 1. The summed E-state index contributed by atoms with van der Waals surface area (Å²) in [5.74, 6) is -2.44. The Kier molecular flexibility index (Phi) is 7.23. The van der Waals surface area contributed by atoms with Gasteiger partial charge in [-0.3, -0.25) is 29.7 Å². The number of thioether (sulfide) groups is 2. The summed E-state index contributed by atoms with van der Waals surface area (Å²) < 4.78 is 0. The van der Waals surface area contributed by atoms with E-state index < -0.39 is 35.1 Å². The van der Waals surface area contributed by atoms with Crippen LogP contribution in [-0.4, -0.2) is 91.6 Å². The molecule has 36 heavy (non-hydrogen) atoms. The third-order valence-electron chi connectivity index (χ3n) is 5.12. The van der Waals surface area contributed by atoms with Crippen LogP contribution in [-0.2, 0) is 24.0 Å². The summed E-state index contributed by atoms with van der Waals surface area (Å²) in [4.78, 5) is 63.6. The van der Waals surface area contributed by atoms with Gasteiger partial charge in [-0.15, -0.1) is 23.1 Å². The number of hydrogen-bond donors (Lipinski definition) is 4. The molecule has 0 unspecified atom stereocenters. The van der Waals surface area contributed by atoms with Gasteiger partial charge in [0.2, 0.25) is 0 Å². The lowest BCUT2D eigenvalue weighted by atomic mass is 10.0. The molecule has 1 aromatic heterocycles. The van der Waals surface area contributed by atoms with Crippen molar-refractivity contribution >= 4 is 74.6 Å². The molecule has 4 heterocycles. The van der Waals surface area contributed by atoms with Crippen molar-refractivity contribution in [3.8, 4) is 0 Å². The quantitative estimate of drug-likeness (QED) is 0.146. The Labute approximate surface area is 216 Å². The lowest BCUT2D eigenvalue weighted by molar-refractivity contribution is -0.150. The number of aliphatic carboxylic acids is 1. The number of hydrazine groups is 1. The smallest absolute Gasteiger partial charge is 0.352 e. The normalized spacial score (nSPS) is 22.0. The van der Waals surface area contributed by atoms with Crippen LogP contribution in [0.1, 0.15) is 5.69 Å². The predicted molar refractivity (Wildman–Crippen MR) is 135 cm³/mol. The summed E-state index contributed by atoms with van der Waals surface area (Å²) in [6.45, 7) is 3.57. The van der Waals surface area contributed by atoms with Gasteiger partial charge in [0.05, 0.1) is 0 Å². The Balaban J connectivity index is 1.48. The Morgan fingerprint density at radius 2 is 2.22 bits per heavy atom. The minimum absolute atomic E-state index is 0.0364. The van der Waals surface area contributed by atoms with E-state index in [2.05, 4.69) is 32.5 Å². The standard InChI is InChI=1S/C19H20N8O6S3/c1-7-13(28)24-26(2)19(21-7)36-5-8-4-34-16-11(15(30)27(16)12(8)17(31)32)23-14(29)10(25-33-3)9-6-35-18(20)22-9/h6,11,16H,1,4-5H2,2-3H3,(H2,20,22)(H,23,29)(H,24,28)(H,31,32)/b25-10-/t11-,16-/m1/s1. The Hall–Kier alpha value is -3.57. The first-order valence-corrected chi connectivity index (χ1v) is 13.0. The highest BCUT2D eigenvalue weighted by molar-refractivity contribution is 8.14. The molecular formula is C19H20N8O6S3. The summed E-state index contributed by atoms with van der Waals surface area (Å²) >= 11 is 3.63. The van der Waals surface area contributed by atoms with Crippen molar-refractivity contribution in [3.63, 3.8) is 0 Å². The molecule has 2 atom stereocenters. The monoisotopic (exact) mass is 552 g/mol.